The van der Waals surface area contributed by atoms with E-state index in [-0.39, 0.29) is 12.2 Å². The SMILES string of the molecule is C#CCOc1ccc2ccccc2c1/C=C(\C#N)C(=O)Nc1ccc(OCC)cc1. The van der Waals surface area contributed by atoms with Crippen LogP contribution in [0.4, 0.5) is 5.69 Å². The maximum Gasteiger partial charge on any atom is 0.266 e. The zero-order valence-corrected chi connectivity index (χ0v) is 16.5. The molecule has 0 aliphatic heterocycles. The average Bonchev–Trinajstić information content (AvgIpc) is 2.77. The number of carbonyl (C=O) groups excluding carboxylic acids is 1. The summed E-state index contributed by atoms with van der Waals surface area (Å²) < 4.78 is 11.0. The molecule has 0 fully saturated rings. The number of anilines is 1. The highest BCUT2D eigenvalue weighted by Gasteiger charge is 2.14. The largest absolute Gasteiger partial charge is 0.494 e. The lowest BCUT2D eigenvalue weighted by Crippen LogP contribution is -2.13. The first kappa shape index (κ1) is 20.5. The quantitative estimate of drug-likeness (QED) is 0.354. The molecule has 30 heavy (non-hydrogen) atoms. The molecule has 0 aromatic heterocycles. The van der Waals surface area contributed by atoms with Crippen molar-refractivity contribution in [3.05, 3.63) is 71.8 Å². The topological polar surface area (TPSA) is 71.3 Å². The number of nitrogens with zero attached hydrogens (tertiary/aromatic N) is 1. The van der Waals surface area contributed by atoms with E-state index < -0.39 is 5.91 Å². The highest BCUT2D eigenvalue weighted by atomic mass is 16.5. The average molecular weight is 396 g/mol. The number of hydrogen-bond donors (Lipinski definition) is 1. The summed E-state index contributed by atoms with van der Waals surface area (Å²) in [5, 5.41) is 14.2. The molecule has 0 atom stereocenters. The van der Waals surface area contributed by atoms with E-state index in [9.17, 15) is 10.1 Å². The van der Waals surface area contributed by atoms with E-state index >= 15 is 0 Å². The van der Waals surface area contributed by atoms with Gasteiger partial charge in [-0.1, -0.05) is 36.3 Å². The van der Waals surface area contributed by atoms with Gasteiger partial charge in [0.25, 0.3) is 5.91 Å². The molecule has 0 unspecified atom stereocenters. The number of amides is 1. The molecule has 3 rings (SSSR count). The molecule has 0 heterocycles. The fourth-order valence-electron chi connectivity index (χ4n) is 2.96. The number of nitriles is 1. The minimum Gasteiger partial charge on any atom is -0.494 e. The number of nitrogens with one attached hydrogen (secondary N) is 1. The summed E-state index contributed by atoms with van der Waals surface area (Å²) >= 11 is 0. The molecule has 3 aromatic carbocycles. The summed E-state index contributed by atoms with van der Waals surface area (Å²) in [6.45, 7) is 2.54. The summed E-state index contributed by atoms with van der Waals surface area (Å²) in [5.74, 6) is 3.13. The normalized spacial score (nSPS) is 10.7. The summed E-state index contributed by atoms with van der Waals surface area (Å²) in [5.41, 5.74) is 1.14. The lowest BCUT2D eigenvalue weighted by atomic mass is 10.0. The Hall–Kier alpha value is -4.22. The molecule has 0 aliphatic carbocycles. The van der Waals surface area contributed by atoms with Crippen LogP contribution in [0, 0.1) is 23.7 Å². The number of carbonyl (C=O) groups is 1. The second-order valence-corrected chi connectivity index (χ2v) is 6.27. The molecule has 5 nitrogen and oxygen atoms in total. The number of ether oxygens (including phenoxy) is 2. The minimum atomic E-state index is -0.516. The van der Waals surface area contributed by atoms with Crippen molar-refractivity contribution in [2.45, 2.75) is 6.92 Å². The van der Waals surface area contributed by atoms with Gasteiger partial charge in [0, 0.05) is 11.3 Å². The van der Waals surface area contributed by atoms with Crippen LogP contribution in [-0.2, 0) is 4.79 Å². The van der Waals surface area contributed by atoms with Crippen molar-refractivity contribution >= 4 is 28.4 Å². The van der Waals surface area contributed by atoms with Gasteiger partial charge in [0.1, 0.15) is 29.7 Å². The number of rotatable bonds is 7. The first-order valence-corrected chi connectivity index (χ1v) is 9.40. The van der Waals surface area contributed by atoms with Crippen molar-refractivity contribution in [3.8, 4) is 29.9 Å². The third kappa shape index (κ3) is 4.79. The highest BCUT2D eigenvalue weighted by Crippen LogP contribution is 2.30. The first-order chi connectivity index (χ1) is 14.7. The van der Waals surface area contributed by atoms with Gasteiger partial charge >= 0.3 is 0 Å². The van der Waals surface area contributed by atoms with Crippen LogP contribution in [0.3, 0.4) is 0 Å². The van der Waals surface area contributed by atoms with Crippen LogP contribution >= 0.6 is 0 Å². The Labute approximate surface area is 175 Å². The van der Waals surface area contributed by atoms with Crippen LogP contribution in [0.2, 0.25) is 0 Å². The van der Waals surface area contributed by atoms with Crippen LogP contribution < -0.4 is 14.8 Å². The van der Waals surface area contributed by atoms with Crippen molar-refractivity contribution in [2.75, 3.05) is 18.5 Å². The molecule has 0 spiro atoms. The first-order valence-electron chi connectivity index (χ1n) is 9.40. The van der Waals surface area contributed by atoms with Gasteiger partial charge in [-0.05, 0) is 54.1 Å². The van der Waals surface area contributed by atoms with Gasteiger partial charge in [-0.3, -0.25) is 4.79 Å². The Kier molecular flexibility index (Phi) is 6.71. The Morgan fingerprint density at radius 3 is 2.57 bits per heavy atom. The van der Waals surface area contributed by atoms with Gasteiger partial charge in [-0.25, -0.2) is 0 Å². The molecule has 0 saturated heterocycles. The molecule has 3 aromatic rings. The van der Waals surface area contributed by atoms with Gasteiger partial charge in [0.2, 0.25) is 0 Å². The van der Waals surface area contributed by atoms with Crippen LogP contribution in [-0.4, -0.2) is 19.1 Å². The van der Waals surface area contributed by atoms with Gasteiger partial charge in [0.15, 0.2) is 0 Å². The smallest absolute Gasteiger partial charge is 0.266 e. The van der Waals surface area contributed by atoms with Crippen molar-refractivity contribution in [1.29, 1.82) is 5.26 Å². The maximum atomic E-state index is 12.7. The molecule has 0 radical (unpaired) electrons. The van der Waals surface area contributed by atoms with Crippen molar-refractivity contribution in [3.63, 3.8) is 0 Å². The molecular weight excluding hydrogens is 376 g/mol. The van der Waals surface area contributed by atoms with Crippen molar-refractivity contribution in [2.24, 2.45) is 0 Å². The van der Waals surface area contributed by atoms with E-state index in [0.29, 0.717) is 29.4 Å². The molecule has 5 heteroatoms. The van der Waals surface area contributed by atoms with Crippen LogP contribution in [0.5, 0.6) is 11.5 Å². The predicted molar refractivity (Wildman–Crippen MR) is 118 cm³/mol. The molecule has 148 valence electrons. The Morgan fingerprint density at radius 2 is 1.87 bits per heavy atom. The van der Waals surface area contributed by atoms with E-state index in [2.05, 4.69) is 11.2 Å². The van der Waals surface area contributed by atoms with Crippen molar-refractivity contribution < 1.29 is 14.3 Å². The zero-order chi connectivity index (χ0) is 21.3. The summed E-state index contributed by atoms with van der Waals surface area (Å²) in [7, 11) is 0. The molecular formula is C25H20N2O3. The van der Waals surface area contributed by atoms with E-state index in [4.69, 9.17) is 15.9 Å². The Morgan fingerprint density at radius 1 is 1.10 bits per heavy atom. The fraction of sp³-hybridized carbons (Fsp3) is 0.120. The third-order valence-electron chi connectivity index (χ3n) is 4.32. The summed E-state index contributed by atoms with van der Waals surface area (Å²) in [6, 6.07) is 20.3. The van der Waals surface area contributed by atoms with E-state index in [1.165, 1.54) is 6.08 Å². The van der Waals surface area contributed by atoms with Gasteiger partial charge in [-0.15, -0.1) is 6.42 Å². The Bertz CT molecular complexity index is 1170. The molecule has 1 amide bonds. The van der Waals surface area contributed by atoms with E-state index in [1.807, 2.05) is 43.3 Å². The van der Waals surface area contributed by atoms with Crippen molar-refractivity contribution in [1.82, 2.24) is 0 Å². The molecule has 0 saturated carbocycles. The lowest BCUT2D eigenvalue weighted by molar-refractivity contribution is -0.112. The number of benzene rings is 3. The van der Waals surface area contributed by atoms with E-state index in [1.54, 1.807) is 30.3 Å². The lowest BCUT2D eigenvalue weighted by Gasteiger charge is -2.11. The minimum absolute atomic E-state index is 0.0502. The molecule has 0 bridgehead atoms. The standard InChI is InChI=1S/C25H20N2O3/c1-3-15-30-24-14-9-18-7-5-6-8-22(18)23(24)16-19(17-26)25(28)27-20-10-12-21(13-11-20)29-4-2/h1,5-14,16H,4,15H2,2H3,(H,27,28)/b19-16+. The number of hydrogen-bond acceptors (Lipinski definition) is 4. The molecule has 0 aliphatic rings. The fourth-order valence-corrected chi connectivity index (χ4v) is 2.96. The monoisotopic (exact) mass is 396 g/mol. The Balaban J connectivity index is 1.94. The van der Waals surface area contributed by atoms with Gasteiger partial charge in [0.05, 0.1) is 6.61 Å². The van der Waals surface area contributed by atoms with Crippen LogP contribution in [0.25, 0.3) is 16.8 Å². The van der Waals surface area contributed by atoms with Gasteiger partial charge in [-0.2, -0.15) is 5.26 Å². The summed E-state index contributed by atoms with van der Waals surface area (Å²) in [6.07, 6.45) is 6.84. The predicted octanol–water partition coefficient (Wildman–Crippen LogP) is 4.80. The summed E-state index contributed by atoms with van der Waals surface area (Å²) in [4.78, 5) is 12.7. The second-order valence-electron chi connectivity index (χ2n) is 6.27. The van der Waals surface area contributed by atoms with Crippen LogP contribution in [0.1, 0.15) is 12.5 Å². The number of fused-ring (bicyclic) bond motifs is 1. The van der Waals surface area contributed by atoms with Gasteiger partial charge < -0.3 is 14.8 Å². The van der Waals surface area contributed by atoms with Crippen LogP contribution in [0.15, 0.2) is 66.2 Å². The zero-order valence-electron chi connectivity index (χ0n) is 16.5. The number of terminal acetylenes is 1. The van der Waals surface area contributed by atoms with E-state index in [0.717, 1.165) is 10.8 Å². The molecule has 1 N–H and O–H groups in total. The highest BCUT2D eigenvalue weighted by molar-refractivity contribution is 6.11. The third-order valence-corrected chi connectivity index (χ3v) is 4.32. The maximum absolute atomic E-state index is 12.7. The second kappa shape index (κ2) is 9.82.